The molecule has 1 aromatic heterocycles. The van der Waals surface area contributed by atoms with Crippen LogP contribution >= 0.6 is 11.6 Å². The first-order valence-corrected chi connectivity index (χ1v) is 7.10. The van der Waals surface area contributed by atoms with Crippen LogP contribution in [0.2, 0.25) is 5.15 Å². The minimum atomic E-state index is -1.14. The average Bonchev–Trinajstić information content (AvgIpc) is 2.57. The molecule has 2 rings (SSSR count). The van der Waals surface area contributed by atoms with E-state index in [1.165, 1.54) is 0 Å². The number of anilines is 1. The van der Waals surface area contributed by atoms with E-state index < -0.39 is 10.8 Å². The van der Waals surface area contributed by atoms with Crippen LogP contribution < -0.4 is 5.73 Å². The number of halogens is 1. The molecule has 0 saturated carbocycles. The molecule has 1 unspecified atom stereocenters. The molecule has 0 fully saturated rings. The van der Waals surface area contributed by atoms with Crippen molar-refractivity contribution in [2.24, 2.45) is 7.05 Å². The van der Waals surface area contributed by atoms with Gasteiger partial charge in [0, 0.05) is 23.2 Å². The summed E-state index contributed by atoms with van der Waals surface area (Å²) in [5, 5.41) is 4.74. The highest BCUT2D eigenvalue weighted by atomic mass is 35.5. The van der Waals surface area contributed by atoms with Crippen molar-refractivity contribution in [3.63, 3.8) is 0 Å². The monoisotopic (exact) mass is 283 g/mol. The lowest BCUT2D eigenvalue weighted by molar-refractivity contribution is 0.682. The molecule has 0 aliphatic heterocycles. The first kappa shape index (κ1) is 13.1. The third-order valence-corrected chi connectivity index (χ3v) is 4.51. The third kappa shape index (κ3) is 2.57. The molecule has 1 aromatic carbocycles. The Kier molecular flexibility index (Phi) is 3.73. The molecule has 1 atom stereocenters. The zero-order valence-corrected chi connectivity index (χ0v) is 11.8. The van der Waals surface area contributed by atoms with E-state index in [0.29, 0.717) is 16.6 Å². The molecule has 0 saturated heterocycles. The van der Waals surface area contributed by atoms with Crippen molar-refractivity contribution in [3.8, 4) is 0 Å². The van der Waals surface area contributed by atoms with Gasteiger partial charge in [-0.05, 0) is 31.2 Å². The highest BCUT2D eigenvalue weighted by Crippen LogP contribution is 2.22. The highest BCUT2D eigenvalue weighted by molar-refractivity contribution is 7.84. The summed E-state index contributed by atoms with van der Waals surface area (Å²) >= 11 is 6.12. The minimum Gasteiger partial charge on any atom is -0.399 e. The molecule has 0 aliphatic carbocycles. The molecular weight excluding hydrogens is 270 g/mol. The summed E-state index contributed by atoms with van der Waals surface area (Å²) in [7, 11) is 0.626. The van der Waals surface area contributed by atoms with Crippen molar-refractivity contribution in [2.45, 2.75) is 17.6 Å². The van der Waals surface area contributed by atoms with Crippen LogP contribution in [0, 0.1) is 6.92 Å². The van der Waals surface area contributed by atoms with Gasteiger partial charge in [0.05, 0.1) is 22.2 Å². The molecule has 1 heterocycles. The molecular formula is C12H14ClN3OS. The zero-order chi connectivity index (χ0) is 13.3. The predicted octanol–water partition coefficient (Wildman–Crippen LogP) is 2.27. The van der Waals surface area contributed by atoms with Gasteiger partial charge < -0.3 is 5.73 Å². The third-order valence-electron chi connectivity index (χ3n) is 2.69. The van der Waals surface area contributed by atoms with Crippen LogP contribution in [-0.2, 0) is 23.6 Å². The number of benzene rings is 1. The number of aromatic nitrogens is 2. The van der Waals surface area contributed by atoms with Crippen LogP contribution in [0.4, 0.5) is 5.69 Å². The van der Waals surface area contributed by atoms with Crippen molar-refractivity contribution in [1.82, 2.24) is 9.78 Å². The Labute approximate surface area is 113 Å². The Morgan fingerprint density at radius 2 is 2.00 bits per heavy atom. The smallest absolute Gasteiger partial charge is 0.131 e. The number of hydrogen-bond acceptors (Lipinski definition) is 3. The van der Waals surface area contributed by atoms with Crippen molar-refractivity contribution < 1.29 is 4.21 Å². The first-order chi connectivity index (χ1) is 8.49. The Bertz CT molecular complexity index is 592. The highest BCUT2D eigenvalue weighted by Gasteiger charge is 2.15. The molecule has 18 heavy (non-hydrogen) atoms. The number of nitrogens with zero attached hydrogens (tertiary/aromatic N) is 2. The van der Waals surface area contributed by atoms with E-state index in [-0.39, 0.29) is 0 Å². The van der Waals surface area contributed by atoms with E-state index in [9.17, 15) is 4.21 Å². The lowest BCUT2D eigenvalue weighted by Gasteiger charge is -2.03. The van der Waals surface area contributed by atoms with Gasteiger partial charge in [-0.2, -0.15) is 5.10 Å². The molecule has 2 N–H and O–H groups in total. The van der Waals surface area contributed by atoms with Crippen LogP contribution in [0.5, 0.6) is 0 Å². The van der Waals surface area contributed by atoms with E-state index in [4.69, 9.17) is 17.3 Å². The minimum absolute atomic E-state index is 0.364. The molecule has 0 radical (unpaired) electrons. The van der Waals surface area contributed by atoms with Gasteiger partial charge in [-0.3, -0.25) is 8.89 Å². The van der Waals surface area contributed by atoms with Crippen LogP contribution in [0.15, 0.2) is 29.2 Å². The largest absolute Gasteiger partial charge is 0.399 e. The zero-order valence-electron chi connectivity index (χ0n) is 10.2. The van der Waals surface area contributed by atoms with E-state index in [2.05, 4.69) is 5.10 Å². The number of nitrogens with two attached hydrogens (primary N) is 1. The number of nitrogen functional groups attached to an aromatic ring is 1. The summed E-state index contributed by atoms with van der Waals surface area (Å²) in [5.74, 6) is 0.364. The number of hydrogen-bond donors (Lipinski definition) is 1. The van der Waals surface area contributed by atoms with Crippen molar-refractivity contribution in [1.29, 1.82) is 0 Å². The Hall–Kier alpha value is -1.33. The van der Waals surface area contributed by atoms with Gasteiger partial charge in [0.2, 0.25) is 0 Å². The van der Waals surface area contributed by atoms with Gasteiger partial charge >= 0.3 is 0 Å². The maximum absolute atomic E-state index is 12.2. The second kappa shape index (κ2) is 5.12. The lowest BCUT2D eigenvalue weighted by atomic mass is 10.3. The number of aryl methyl sites for hydroxylation is 2. The SMILES string of the molecule is Cc1nn(C)c(Cl)c1CS(=O)c1ccc(N)cc1. The summed E-state index contributed by atoms with van der Waals surface area (Å²) in [6, 6.07) is 7.02. The Balaban J connectivity index is 2.24. The van der Waals surface area contributed by atoms with Gasteiger partial charge in [-0.1, -0.05) is 11.6 Å². The van der Waals surface area contributed by atoms with Crippen LogP contribution in [-0.4, -0.2) is 14.0 Å². The van der Waals surface area contributed by atoms with Crippen LogP contribution in [0.25, 0.3) is 0 Å². The molecule has 96 valence electrons. The Morgan fingerprint density at radius 1 is 1.39 bits per heavy atom. The van der Waals surface area contributed by atoms with Gasteiger partial charge in [0.25, 0.3) is 0 Å². The Morgan fingerprint density at radius 3 is 2.50 bits per heavy atom. The van der Waals surface area contributed by atoms with Crippen molar-refractivity contribution >= 4 is 28.1 Å². The molecule has 0 aliphatic rings. The predicted molar refractivity (Wildman–Crippen MR) is 73.9 cm³/mol. The fourth-order valence-electron chi connectivity index (χ4n) is 1.67. The summed E-state index contributed by atoms with van der Waals surface area (Å²) in [5.41, 5.74) is 7.90. The van der Waals surface area contributed by atoms with Crippen molar-refractivity contribution in [3.05, 3.63) is 40.7 Å². The standard InChI is InChI=1S/C12H14ClN3OS/c1-8-11(12(13)16(2)15-8)7-18(17)10-5-3-9(14)4-6-10/h3-6H,7,14H2,1-2H3. The van der Waals surface area contributed by atoms with Gasteiger partial charge in [0.15, 0.2) is 0 Å². The van der Waals surface area contributed by atoms with E-state index in [0.717, 1.165) is 16.2 Å². The van der Waals surface area contributed by atoms with E-state index in [1.54, 1.807) is 36.0 Å². The normalized spacial score (nSPS) is 12.6. The van der Waals surface area contributed by atoms with Crippen LogP contribution in [0.3, 0.4) is 0 Å². The molecule has 0 spiro atoms. The molecule has 0 amide bonds. The second-order valence-electron chi connectivity index (χ2n) is 4.04. The number of rotatable bonds is 3. The van der Waals surface area contributed by atoms with Gasteiger partial charge in [-0.15, -0.1) is 0 Å². The maximum Gasteiger partial charge on any atom is 0.131 e. The maximum atomic E-state index is 12.2. The second-order valence-corrected chi connectivity index (χ2v) is 5.85. The average molecular weight is 284 g/mol. The van der Waals surface area contributed by atoms with E-state index in [1.807, 2.05) is 6.92 Å². The van der Waals surface area contributed by atoms with Crippen LogP contribution in [0.1, 0.15) is 11.3 Å². The molecule has 0 bridgehead atoms. The summed E-state index contributed by atoms with van der Waals surface area (Å²) in [4.78, 5) is 0.739. The fraction of sp³-hybridized carbons (Fsp3) is 0.250. The summed E-state index contributed by atoms with van der Waals surface area (Å²) in [6.07, 6.45) is 0. The first-order valence-electron chi connectivity index (χ1n) is 5.41. The molecule has 4 nitrogen and oxygen atoms in total. The molecule has 2 aromatic rings. The topological polar surface area (TPSA) is 60.9 Å². The fourth-order valence-corrected chi connectivity index (χ4v) is 3.21. The van der Waals surface area contributed by atoms with Gasteiger partial charge in [0.1, 0.15) is 5.15 Å². The lowest BCUT2D eigenvalue weighted by Crippen LogP contribution is -1.98. The summed E-state index contributed by atoms with van der Waals surface area (Å²) in [6.45, 7) is 1.86. The van der Waals surface area contributed by atoms with Crippen molar-refractivity contribution in [2.75, 3.05) is 5.73 Å². The molecule has 6 heteroatoms. The summed E-state index contributed by atoms with van der Waals surface area (Å²) < 4.78 is 13.8. The van der Waals surface area contributed by atoms with Gasteiger partial charge in [-0.25, -0.2) is 0 Å². The quantitative estimate of drug-likeness (QED) is 0.879. The van der Waals surface area contributed by atoms with E-state index >= 15 is 0 Å².